The zero-order valence-electron chi connectivity index (χ0n) is 11.1. The zero-order valence-corrected chi connectivity index (χ0v) is 11.1. The molecule has 1 unspecified atom stereocenters. The van der Waals surface area contributed by atoms with Crippen LogP contribution in [0.3, 0.4) is 0 Å². The van der Waals surface area contributed by atoms with Gasteiger partial charge in [-0.15, -0.1) is 0 Å². The SMILES string of the molecule is CCc1occc1CNC(C)CNCCOC. The number of ether oxygens (including phenoxy) is 1. The van der Waals surface area contributed by atoms with Crippen LogP contribution in [0, 0.1) is 0 Å². The third-order valence-electron chi connectivity index (χ3n) is 2.73. The zero-order chi connectivity index (χ0) is 12.5. The lowest BCUT2D eigenvalue weighted by atomic mass is 10.2. The summed E-state index contributed by atoms with van der Waals surface area (Å²) >= 11 is 0. The van der Waals surface area contributed by atoms with E-state index in [0.717, 1.165) is 38.4 Å². The molecule has 1 aromatic heterocycles. The molecule has 0 aromatic carbocycles. The summed E-state index contributed by atoms with van der Waals surface area (Å²) in [6.07, 6.45) is 2.71. The summed E-state index contributed by atoms with van der Waals surface area (Å²) in [6.45, 7) is 7.75. The lowest BCUT2D eigenvalue weighted by Gasteiger charge is -2.14. The maximum atomic E-state index is 5.39. The van der Waals surface area contributed by atoms with Crippen LogP contribution in [0.1, 0.15) is 25.2 Å². The van der Waals surface area contributed by atoms with Gasteiger partial charge in [-0.1, -0.05) is 6.92 Å². The van der Waals surface area contributed by atoms with Crippen molar-refractivity contribution in [1.29, 1.82) is 0 Å². The Kier molecular flexibility index (Phi) is 6.93. The molecule has 4 heteroatoms. The van der Waals surface area contributed by atoms with Crippen molar-refractivity contribution in [2.24, 2.45) is 0 Å². The van der Waals surface area contributed by atoms with Crippen molar-refractivity contribution in [3.05, 3.63) is 23.7 Å². The van der Waals surface area contributed by atoms with Crippen molar-refractivity contribution in [3.63, 3.8) is 0 Å². The van der Waals surface area contributed by atoms with E-state index in [1.54, 1.807) is 13.4 Å². The molecule has 17 heavy (non-hydrogen) atoms. The average Bonchev–Trinajstić information content (AvgIpc) is 2.79. The van der Waals surface area contributed by atoms with Gasteiger partial charge in [0.1, 0.15) is 5.76 Å². The summed E-state index contributed by atoms with van der Waals surface area (Å²) < 4.78 is 10.4. The molecule has 0 saturated carbocycles. The van der Waals surface area contributed by atoms with E-state index in [9.17, 15) is 0 Å². The van der Waals surface area contributed by atoms with Gasteiger partial charge in [0.15, 0.2) is 0 Å². The highest BCUT2D eigenvalue weighted by atomic mass is 16.5. The fourth-order valence-corrected chi connectivity index (χ4v) is 1.68. The van der Waals surface area contributed by atoms with E-state index < -0.39 is 0 Å². The van der Waals surface area contributed by atoms with Gasteiger partial charge < -0.3 is 19.8 Å². The molecule has 0 aliphatic heterocycles. The van der Waals surface area contributed by atoms with Crippen LogP contribution in [0.5, 0.6) is 0 Å². The highest BCUT2D eigenvalue weighted by Gasteiger charge is 2.06. The third-order valence-corrected chi connectivity index (χ3v) is 2.73. The number of furan rings is 1. The number of methoxy groups -OCH3 is 1. The molecule has 1 aromatic rings. The Morgan fingerprint density at radius 3 is 3.00 bits per heavy atom. The molecule has 0 aliphatic rings. The standard InChI is InChI=1S/C13H24N2O2/c1-4-13-12(5-7-17-13)10-15-11(2)9-14-6-8-16-3/h5,7,11,14-15H,4,6,8-10H2,1-3H3. The Morgan fingerprint density at radius 1 is 1.47 bits per heavy atom. The molecule has 98 valence electrons. The Bertz CT molecular complexity index is 299. The first-order chi connectivity index (χ1) is 8.27. The number of hydrogen-bond donors (Lipinski definition) is 2. The van der Waals surface area contributed by atoms with Crippen molar-refractivity contribution in [2.45, 2.75) is 32.9 Å². The van der Waals surface area contributed by atoms with Gasteiger partial charge >= 0.3 is 0 Å². The van der Waals surface area contributed by atoms with E-state index in [1.165, 1.54) is 5.56 Å². The quantitative estimate of drug-likeness (QED) is 0.643. The van der Waals surface area contributed by atoms with Crippen LogP contribution < -0.4 is 10.6 Å². The molecule has 0 spiro atoms. The van der Waals surface area contributed by atoms with E-state index in [-0.39, 0.29) is 0 Å². The van der Waals surface area contributed by atoms with Crippen LogP contribution in [0.4, 0.5) is 0 Å². The maximum Gasteiger partial charge on any atom is 0.107 e. The maximum absolute atomic E-state index is 5.39. The Labute approximate surface area is 104 Å². The minimum absolute atomic E-state index is 0.437. The summed E-state index contributed by atoms with van der Waals surface area (Å²) in [7, 11) is 1.72. The van der Waals surface area contributed by atoms with E-state index in [0.29, 0.717) is 6.04 Å². The Morgan fingerprint density at radius 2 is 2.29 bits per heavy atom. The van der Waals surface area contributed by atoms with Crippen molar-refractivity contribution in [3.8, 4) is 0 Å². The Balaban J connectivity index is 2.17. The molecule has 0 amide bonds. The van der Waals surface area contributed by atoms with Gasteiger partial charge in [0.25, 0.3) is 0 Å². The second-order valence-electron chi connectivity index (χ2n) is 4.20. The molecule has 1 heterocycles. The number of rotatable bonds is 9. The van der Waals surface area contributed by atoms with Crippen LogP contribution >= 0.6 is 0 Å². The molecular formula is C13H24N2O2. The molecule has 1 atom stereocenters. The third kappa shape index (κ3) is 5.35. The van der Waals surface area contributed by atoms with Gasteiger partial charge in [0.2, 0.25) is 0 Å². The first-order valence-corrected chi connectivity index (χ1v) is 6.26. The summed E-state index contributed by atoms with van der Waals surface area (Å²) in [5, 5.41) is 6.81. The fourth-order valence-electron chi connectivity index (χ4n) is 1.68. The van der Waals surface area contributed by atoms with E-state index in [2.05, 4.69) is 24.5 Å². The number of hydrogen-bond acceptors (Lipinski definition) is 4. The van der Waals surface area contributed by atoms with Crippen molar-refractivity contribution in [1.82, 2.24) is 10.6 Å². The summed E-state index contributed by atoms with van der Waals surface area (Å²) in [5.74, 6) is 1.08. The predicted octanol–water partition coefficient (Wildman–Crippen LogP) is 1.56. The second kappa shape index (κ2) is 8.28. The predicted molar refractivity (Wildman–Crippen MR) is 69.1 cm³/mol. The first kappa shape index (κ1) is 14.2. The lowest BCUT2D eigenvalue weighted by molar-refractivity contribution is 0.198. The minimum Gasteiger partial charge on any atom is -0.469 e. The van der Waals surface area contributed by atoms with Crippen LogP contribution in [0.15, 0.2) is 16.7 Å². The molecule has 0 radical (unpaired) electrons. The van der Waals surface area contributed by atoms with E-state index in [4.69, 9.17) is 9.15 Å². The summed E-state index contributed by atoms with van der Waals surface area (Å²) in [6, 6.07) is 2.48. The van der Waals surface area contributed by atoms with Crippen LogP contribution in [-0.2, 0) is 17.7 Å². The number of nitrogens with one attached hydrogen (secondary N) is 2. The molecular weight excluding hydrogens is 216 g/mol. The van der Waals surface area contributed by atoms with E-state index in [1.807, 2.05) is 6.07 Å². The number of aryl methyl sites for hydroxylation is 1. The van der Waals surface area contributed by atoms with Crippen LogP contribution in [0.2, 0.25) is 0 Å². The van der Waals surface area contributed by atoms with Gasteiger partial charge in [-0.25, -0.2) is 0 Å². The van der Waals surface area contributed by atoms with Gasteiger partial charge in [0.05, 0.1) is 12.9 Å². The lowest BCUT2D eigenvalue weighted by Crippen LogP contribution is -2.37. The van der Waals surface area contributed by atoms with E-state index >= 15 is 0 Å². The molecule has 0 saturated heterocycles. The normalized spacial score (nSPS) is 12.9. The van der Waals surface area contributed by atoms with Gasteiger partial charge in [-0.3, -0.25) is 0 Å². The van der Waals surface area contributed by atoms with Gasteiger partial charge in [0, 0.05) is 44.8 Å². The monoisotopic (exact) mass is 240 g/mol. The molecule has 1 rings (SSSR count). The minimum atomic E-state index is 0.437. The second-order valence-corrected chi connectivity index (χ2v) is 4.20. The van der Waals surface area contributed by atoms with Gasteiger partial charge in [-0.05, 0) is 13.0 Å². The molecule has 4 nitrogen and oxygen atoms in total. The Hall–Kier alpha value is -0.840. The average molecular weight is 240 g/mol. The topological polar surface area (TPSA) is 46.4 Å². The largest absolute Gasteiger partial charge is 0.469 e. The first-order valence-electron chi connectivity index (χ1n) is 6.26. The summed E-state index contributed by atoms with van der Waals surface area (Å²) in [5.41, 5.74) is 1.26. The summed E-state index contributed by atoms with van der Waals surface area (Å²) in [4.78, 5) is 0. The smallest absolute Gasteiger partial charge is 0.107 e. The van der Waals surface area contributed by atoms with Crippen molar-refractivity contribution >= 4 is 0 Å². The molecule has 0 fully saturated rings. The molecule has 0 aliphatic carbocycles. The van der Waals surface area contributed by atoms with Gasteiger partial charge in [-0.2, -0.15) is 0 Å². The fraction of sp³-hybridized carbons (Fsp3) is 0.692. The van der Waals surface area contributed by atoms with Crippen molar-refractivity contribution < 1.29 is 9.15 Å². The van der Waals surface area contributed by atoms with Crippen LogP contribution in [-0.4, -0.2) is 32.8 Å². The molecule has 0 bridgehead atoms. The van der Waals surface area contributed by atoms with Crippen LogP contribution in [0.25, 0.3) is 0 Å². The highest BCUT2D eigenvalue weighted by molar-refractivity contribution is 5.16. The molecule has 2 N–H and O–H groups in total. The highest BCUT2D eigenvalue weighted by Crippen LogP contribution is 2.10. The van der Waals surface area contributed by atoms with Crippen molar-refractivity contribution in [2.75, 3.05) is 26.8 Å².